The van der Waals surface area contributed by atoms with E-state index in [9.17, 15) is 0 Å². The highest BCUT2D eigenvalue weighted by Gasteiger charge is 2.26. The third-order valence-corrected chi connectivity index (χ3v) is 12.3. The lowest BCUT2D eigenvalue weighted by atomic mass is 9.84. The summed E-state index contributed by atoms with van der Waals surface area (Å²) in [4.78, 5) is 0. The predicted molar refractivity (Wildman–Crippen MR) is 234 cm³/mol. The maximum Gasteiger partial charge on any atom is -0.000719 e. The van der Waals surface area contributed by atoms with Crippen LogP contribution in [-0.2, 0) is 12.8 Å². The van der Waals surface area contributed by atoms with E-state index < -0.39 is 0 Å². The monoisotopic (exact) mass is 682 g/mol. The molecule has 0 bridgehead atoms. The highest BCUT2D eigenvalue weighted by atomic mass is 14.3. The van der Waals surface area contributed by atoms with Gasteiger partial charge in [0, 0.05) is 0 Å². The topological polar surface area (TPSA) is 0 Å². The Morgan fingerprint density at radius 1 is 0.241 bits per heavy atom. The van der Waals surface area contributed by atoms with Crippen LogP contribution in [0.5, 0.6) is 0 Å². The summed E-state index contributed by atoms with van der Waals surface area (Å²) in [6, 6.07) is 68.2. The van der Waals surface area contributed by atoms with Gasteiger partial charge in [0.15, 0.2) is 0 Å². The van der Waals surface area contributed by atoms with Crippen LogP contribution in [0, 0.1) is 0 Å². The molecule has 0 saturated carbocycles. The van der Waals surface area contributed by atoms with Crippen LogP contribution in [0.25, 0.3) is 108 Å². The van der Waals surface area contributed by atoms with Gasteiger partial charge in [0.2, 0.25) is 0 Å². The summed E-state index contributed by atoms with van der Waals surface area (Å²) < 4.78 is 0. The second-order valence-electron chi connectivity index (χ2n) is 15.0. The molecule has 0 aliphatic heterocycles. The van der Waals surface area contributed by atoms with Crippen molar-refractivity contribution in [3.8, 4) is 22.3 Å². The van der Waals surface area contributed by atoms with E-state index in [-0.39, 0.29) is 0 Å². The molecule has 0 aromatic heterocycles. The summed E-state index contributed by atoms with van der Waals surface area (Å²) in [7, 11) is 0. The molecule has 0 heteroatoms. The highest BCUT2D eigenvalue weighted by molar-refractivity contribution is 6.44. The van der Waals surface area contributed by atoms with Crippen molar-refractivity contribution in [2.45, 2.75) is 12.8 Å². The molecule has 0 atom stereocenters. The molecule has 12 rings (SSSR count). The lowest BCUT2D eigenvalue weighted by Crippen LogP contribution is -1.94. The van der Waals surface area contributed by atoms with Crippen molar-refractivity contribution >= 4 is 86.2 Å². The van der Waals surface area contributed by atoms with Crippen molar-refractivity contribution in [1.29, 1.82) is 0 Å². The Kier molecular flexibility index (Phi) is 6.27. The van der Waals surface area contributed by atoms with Gasteiger partial charge in [0.25, 0.3) is 0 Å². The van der Waals surface area contributed by atoms with Crippen LogP contribution in [0.1, 0.15) is 11.1 Å². The molecule has 0 spiro atoms. The van der Waals surface area contributed by atoms with E-state index in [0.717, 1.165) is 12.8 Å². The Morgan fingerprint density at radius 3 is 1.48 bits per heavy atom. The minimum atomic E-state index is 0.986. The lowest BCUT2D eigenvalue weighted by molar-refractivity contribution is 0.979. The van der Waals surface area contributed by atoms with Crippen LogP contribution >= 0.6 is 0 Å². The summed E-state index contributed by atoms with van der Waals surface area (Å²) in [5, 5.41) is 21.5. The molecule has 0 fully saturated rings. The number of aryl methyl sites for hydroxylation is 2. The fourth-order valence-electron chi connectivity index (χ4n) is 10.1. The number of hydrogen-bond acceptors (Lipinski definition) is 0. The molecule has 0 aliphatic carbocycles. The Bertz CT molecular complexity index is 3400. The molecule has 12 aromatic rings. The predicted octanol–water partition coefficient (Wildman–Crippen LogP) is 14.9. The quantitative estimate of drug-likeness (QED) is 0.159. The fraction of sp³-hybridized carbons (Fsp3) is 0.0370. The molecule has 54 heavy (non-hydrogen) atoms. The van der Waals surface area contributed by atoms with E-state index in [2.05, 4.69) is 182 Å². The summed E-state index contributed by atoms with van der Waals surface area (Å²) >= 11 is 0. The molecule has 0 aliphatic rings. The normalized spacial score (nSPS) is 12.2. The van der Waals surface area contributed by atoms with Gasteiger partial charge in [0.1, 0.15) is 0 Å². The smallest absolute Gasteiger partial charge is 0.000719 e. The third-order valence-electron chi connectivity index (χ3n) is 12.3. The van der Waals surface area contributed by atoms with Crippen LogP contribution < -0.4 is 0 Å². The average molecular weight is 683 g/mol. The second kappa shape index (κ2) is 11.4. The van der Waals surface area contributed by atoms with E-state index in [1.54, 1.807) is 0 Å². The van der Waals surface area contributed by atoms with E-state index in [1.165, 1.54) is 120 Å². The van der Waals surface area contributed by atoms with E-state index in [1.807, 2.05) is 0 Å². The van der Waals surface area contributed by atoms with Gasteiger partial charge in [-0.25, -0.2) is 0 Å². The van der Waals surface area contributed by atoms with Crippen LogP contribution in [-0.4, -0.2) is 0 Å². The average Bonchev–Trinajstić information content (AvgIpc) is 3.74. The molecule has 12 aromatic carbocycles. The first-order chi connectivity index (χ1) is 26.8. The zero-order valence-corrected chi connectivity index (χ0v) is 29.7. The molecule has 0 nitrogen and oxygen atoms in total. The molecule has 250 valence electrons. The molecule has 0 heterocycles. The van der Waals surface area contributed by atoms with Crippen molar-refractivity contribution in [3.05, 3.63) is 193 Å². The maximum absolute atomic E-state index is 2.53. The Balaban J connectivity index is 1.25. The van der Waals surface area contributed by atoms with Gasteiger partial charge < -0.3 is 0 Å². The van der Waals surface area contributed by atoms with Gasteiger partial charge in [-0.05, 0) is 138 Å². The second-order valence-corrected chi connectivity index (χ2v) is 15.0. The van der Waals surface area contributed by atoms with Crippen molar-refractivity contribution in [1.82, 2.24) is 0 Å². The molecular formula is C54H34. The molecule has 0 amide bonds. The molecule has 0 N–H and O–H groups in total. The third kappa shape index (κ3) is 4.08. The van der Waals surface area contributed by atoms with Gasteiger partial charge in [-0.15, -0.1) is 0 Å². The fourth-order valence-corrected chi connectivity index (χ4v) is 10.1. The van der Waals surface area contributed by atoms with Crippen molar-refractivity contribution < 1.29 is 0 Å². The largest absolute Gasteiger partial charge is 0.0622 e. The Labute approximate surface area is 313 Å². The lowest BCUT2D eigenvalue weighted by Gasteiger charge is -2.19. The standard InChI is InChI=1S/C54H34/c1-3-15-36(16-4-1)48-47-32-46-41-23-10-9-22-40(41)42-25-13-26-43(51(42)46)52(47)49(37-17-5-2-6-18-37)54-45-31-30-35(39-24-12-27-44(50(39)45)53(48)54)29-28-34-20-11-19-33-14-7-8-21-38(33)34/h1-27,30-32H,28-29H2. The van der Waals surface area contributed by atoms with Gasteiger partial charge in [-0.2, -0.15) is 0 Å². The first kappa shape index (κ1) is 29.8. The zero-order chi connectivity index (χ0) is 35.3. The van der Waals surface area contributed by atoms with Gasteiger partial charge >= 0.3 is 0 Å². The number of rotatable bonds is 5. The zero-order valence-electron chi connectivity index (χ0n) is 29.7. The number of hydrogen-bond donors (Lipinski definition) is 0. The molecule has 0 saturated heterocycles. The molecular weight excluding hydrogens is 649 g/mol. The Morgan fingerprint density at radius 2 is 0.722 bits per heavy atom. The van der Waals surface area contributed by atoms with Gasteiger partial charge in [-0.1, -0.05) is 176 Å². The number of benzene rings is 10. The van der Waals surface area contributed by atoms with Crippen LogP contribution in [0.4, 0.5) is 0 Å². The van der Waals surface area contributed by atoms with E-state index in [4.69, 9.17) is 0 Å². The van der Waals surface area contributed by atoms with Crippen LogP contribution in [0.2, 0.25) is 0 Å². The van der Waals surface area contributed by atoms with Crippen LogP contribution in [0.3, 0.4) is 0 Å². The van der Waals surface area contributed by atoms with Crippen molar-refractivity contribution in [2.24, 2.45) is 0 Å². The van der Waals surface area contributed by atoms with E-state index >= 15 is 0 Å². The number of fused-ring (bicyclic) bond motifs is 9. The summed E-state index contributed by atoms with van der Waals surface area (Å²) in [5.41, 5.74) is 8.00. The summed E-state index contributed by atoms with van der Waals surface area (Å²) in [6.45, 7) is 0. The maximum atomic E-state index is 2.53. The first-order valence-electron chi connectivity index (χ1n) is 19.2. The van der Waals surface area contributed by atoms with Gasteiger partial charge in [0.05, 0.1) is 0 Å². The van der Waals surface area contributed by atoms with Crippen LogP contribution in [0.15, 0.2) is 182 Å². The van der Waals surface area contributed by atoms with E-state index in [0.29, 0.717) is 0 Å². The highest BCUT2D eigenvalue weighted by Crippen LogP contribution is 2.54. The minimum absolute atomic E-state index is 0.986. The van der Waals surface area contributed by atoms with Crippen molar-refractivity contribution in [3.63, 3.8) is 0 Å². The minimum Gasteiger partial charge on any atom is -0.0622 e. The Hall–Kier alpha value is -6.76. The first-order valence-corrected chi connectivity index (χ1v) is 19.2. The summed E-state index contributed by atoms with van der Waals surface area (Å²) in [5.74, 6) is 0. The summed E-state index contributed by atoms with van der Waals surface area (Å²) in [6.07, 6.45) is 1.99. The molecule has 0 radical (unpaired) electrons. The van der Waals surface area contributed by atoms with Gasteiger partial charge in [-0.3, -0.25) is 0 Å². The molecule has 0 unspecified atom stereocenters. The SMILES string of the molecule is c1ccc(-c2c3cc4c5ccccc5c5cccc(c3c(-c3ccccc3)c3c6ccc(CCc7cccc8ccccc78)c7cccc(c23)c76)c54)cc1. The van der Waals surface area contributed by atoms with Crippen molar-refractivity contribution in [2.75, 3.05) is 0 Å².